The molecule has 0 amide bonds. The van der Waals surface area contributed by atoms with Crippen LogP contribution >= 0.6 is 0 Å². The molecule has 0 heterocycles. The zero-order valence-corrected chi connectivity index (χ0v) is 7.02. The Bertz CT molecular complexity index is 127. The van der Waals surface area contributed by atoms with E-state index in [4.69, 9.17) is 11.6 Å². The highest BCUT2D eigenvalue weighted by atomic mass is 15.4. The SMILES string of the molecule is CC/C(N)=C(\CC)N(C)N. The molecule has 3 heteroatoms. The van der Waals surface area contributed by atoms with E-state index in [1.165, 1.54) is 0 Å². The molecule has 0 aliphatic heterocycles. The van der Waals surface area contributed by atoms with Gasteiger partial charge in [0.2, 0.25) is 0 Å². The van der Waals surface area contributed by atoms with Gasteiger partial charge in [0.15, 0.2) is 0 Å². The molecule has 4 N–H and O–H groups in total. The summed E-state index contributed by atoms with van der Waals surface area (Å²) < 4.78 is 0. The Morgan fingerprint density at radius 1 is 1.30 bits per heavy atom. The molecule has 0 bridgehead atoms. The standard InChI is InChI=1S/C7H17N3/c1-4-6(8)7(5-2)10(3)9/h4-5,8-9H2,1-3H3/b7-6-. The van der Waals surface area contributed by atoms with E-state index in [9.17, 15) is 0 Å². The molecular formula is C7H17N3. The van der Waals surface area contributed by atoms with Gasteiger partial charge in [0, 0.05) is 18.4 Å². The van der Waals surface area contributed by atoms with Crippen molar-refractivity contribution in [3.63, 3.8) is 0 Å². The molecule has 0 radical (unpaired) electrons. The Morgan fingerprint density at radius 3 is 1.90 bits per heavy atom. The molecule has 0 rings (SSSR count). The van der Waals surface area contributed by atoms with Crippen LogP contribution in [0.3, 0.4) is 0 Å². The summed E-state index contributed by atoms with van der Waals surface area (Å²) in [6, 6.07) is 0. The van der Waals surface area contributed by atoms with Crippen LogP contribution in [0.2, 0.25) is 0 Å². The minimum Gasteiger partial charge on any atom is -0.401 e. The lowest BCUT2D eigenvalue weighted by molar-refractivity contribution is 0.418. The van der Waals surface area contributed by atoms with Crippen molar-refractivity contribution < 1.29 is 0 Å². The molecule has 0 saturated carbocycles. The van der Waals surface area contributed by atoms with Gasteiger partial charge in [0.05, 0.1) is 0 Å². The van der Waals surface area contributed by atoms with Crippen LogP contribution in [-0.4, -0.2) is 12.1 Å². The Labute approximate surface area is 62.6 Å². The number of nitrogens with zero attached hydrogens (tertiary/aromatic N) is 1. The van der Waals surface area contributed by atoms with Crippen LogP contribution in [0.1, 0.15) is 26.7 Å². The summed E-state index contributed by atoms with van der Waals surface area (Å²) in [4.78, 5) is 0. The van der Waals surface area contributed by atoms with Crippen LogP contribution in [0.15, 0.2) is 11.4 Å². The molecule has 60 valence electrons. The molecule has 10 heavy (non-hydrogen) atoms. The summed E-state index contributed by atoms with van der Waals surface area (Å²) in [6.45, 7) is 4.07. The largest absolute Gasteiger partial charge is 0.401 e. The van der Waals surface area contributed by atoms with Crippen LogP contribution in [0, 0.1) is 0 Å². The van der Waals surface area contributed by atoms with Crippen molar-refractivity contribution in [1.82, 2.24) is 5.01 Å². The average Bonchev–Trinajstić information content (AvgIpc) is 1.88. The number of hydrazine groups is 1. The summed E-state index contributed by atoms with van der Waals surface area (Å²) in [6.07, 6.45) is 1.76. The smallest absolute Gasteiger partial charge is 0.0472 e. The van der Waals surface area contributed by atoms with Crippen LogP contribution in [0.25, 0.3) is 0 Å². The van der Waals surface area contributed by atoms with E-state index < -0.39 is 0 Å². The van der Waals surface area contributed by atoms with Crippen molar-refractivity contribution in [1.29, 1.82) is 0 Å². The fourth-order valence-corrected chi connectivity index (χ4v) is 0.907. The molecule has 0 aromatic rings. The monoisotopic (exact) mass is 143 g/mol. The summed E-state index contributed by atoms with van der Waals surface area (Å²) in [5.41, 5.74) is 7.60. The summed E-state index contributed by atoms with van der Waals surface area (Å²) in [5, 5.41) is 1.58. The number of allylic oxidation sites excluding steroid dienone is 2. The summed E-state index contributed by atoms with van der Waals surface area (Å²) in [5.74, 6) is 5.52. The Morgan fingerprint density at radius 2 is 1.80 bits per heavy atom. The first kappa shape index (κ1) is 9.30. The zero-order valence-electron chi connectivity index (χ0n) is 7.02. The lowest BCUT2D eigenvalue weighted by atomic mass is 10.2. The van der Waals surface area contributed by atoms with Crippen molar-refractivity contribution in [2.75, 3.05) is 7.05 Å². The Balaban J connectivity index is 4.29. The maximum Gasteiger partial charge on any atom is 0.0472 e. The molecule has 0 saturated heterocycles. The molecule has 0 aromatic heterocycles. The van der Waals surface area contributed by atoms with Gasteiger partial charge in [-0.05, 0) is 12.8 Å². The van der Waals surface area contributed by atoms with Crippen molar-refractivity contribution in [2.45, 2.75) is 26.7 Å². The third-order valence-electron chi connectivity index (χ3n) is 1.51. The van der Waals surface area contributed by atoms with Crippen molar-refractivity contribution >= 4 is 0 Å². The summed E-state index contributed by atoms with van der Waals surface area (Å²) in [7, 11) is 1.81. The fourth-order valence-electron chi connectivity index (χ4n) is 0.907. The molecular weight excluding hydrogens is 126 g/mol. The van der Waals surface area contributed by atoms with Gasteiger partial charge in [0.1, 0.15) is 0 Å². The van der Waals surface area contributed by atoms with E-state index >= 15 is 0 Å². The average molecular weight is 143 g/mol. The van der Waals surface area contributed by atoms with E-state index in [1.807, 2.05) is 13.8 Å². The molecule has 0 aliphatic carbocycles. The minimum absolute atomic E-state index is 0.866. The van der Waals surface area contributed by atoms with Crippen LogP contribution in [0.4, 0.5) is 0 Å². The maximum atomic E-state index is 5.69. The topological polar surface area (TPSA) is 55.3 Å². The second-order valence-electron chi connectivity index (χ2n) is 2.29. The van der Waals surface area contributed by atoms with Gasteiger partial charge in [-0.3, -0.25) is 0 Å². The van der Waals surface area contributed by atoms with Gasteiger partial charge in [-0.2, -0.15) is 0 Å². The predicted octanol–water partition coefficient (Wildman–Crippen LogP) is 0.782. The molecule has 0 aromatic carbocycles. The first-order valence-corrected chi connectivity index (χ1v) is 3.59. The second-order valence-corrected chi connectivity index (χ2v) is 2.29. The third kappa shape index (κ3) is 2.27. The van der Waals surface area contributed by atoms with Crippen LogP contribution in [0.5, 0.6) is 0 Å². The molecule has 3 nitrogen and oxygen atoms in total. The number of nitrogens with two attached hydrogens (primary N) is 2. The van der Waals surface area contributed by atoms with Crippen molar-refractivity contribution in [2.24, 2.45) is 11.6 Å². The predicted molar refractivity (Wildman–Crippen MR) is 43.7 cm³/mol. The fraction of sp³-hybridized carbons (Fsp3) is 0.714. The van der Waals surface area contributed by atoms with E-state index in [0.29, 0.717) is 0 Å². The van der Waals surface area contributed by atoms with E-state index in [0.717, 1.165) is 24.2 Å². The van der Waals surface area contributed by atoms with Gasteiger partial charge in [-0.25, -0.2) is 5.84 Å². The normalized spacial score (nSPS) is 12.8. The van der Waals surface area contributed by atoms with Crippen LogP contribution in [-0.2, 0) is 0 Å². The van der Waals surface area contributed by atoms with Crippen molar-refractivity contribution in [3.8, 4) is 0 Å². The third-order valence-corrected chi connectivity index (χ3v) is 1.51. The van der Waals surface area contributed by atoms with Gasteiger partial charge in [-0.15, -0.1) is 0 Å². The molecule has 0 unspecified atom stereocenters. The molecule has 0 atom stereocenters. The highest BCUT2D eigenvalue weighted by Gasteiger charge is 2.00. The highest BCUT2D eigenvalue weighted by molar-refractivity contribution is 5.07. The van der Waals surface area contributed by atoms with Gasteiger partial charge in [-0.1, -0.05) is 13.8 Å². The van der Waals surface area contributed by atoms with Gasteiger partial charge >= 0.3 is 0 Å². The first-order valence-electron chi connectivity index (χ1n) is 3.59. The van der Waals surface area contributed by atoms with E-state index in [2.05, 4.69) is 0 Å². The van der Waals surface area contributed by atoms with Gasteiger partial charge in [0.25, 0.3) is 0 Å². The lowest BCUT2D eigenvalue weighted by Gasteiger charge is -2.17. The molecule has 0 spiro atoms. The van der Waals surface area contributed by atoms with Gasteiger partial charge < -0.3 is 10.7 Å². The highest BCUT2D eigenvalue weighted by Crippen LogP contribution is 2.07. The van der Waals surface area contributed by atoms with Crippen LogP contribution < -0.4 is 11.6 Å². The number of hydrogen-bond acceptors (Lipinski definition) is 3. The number of rotatable bonds is 3. The van der Waals surface area contributed by atoms with Crippen molar-refractivity contribution in [3.05, 3.63) is 11.4 Å². The summed E-state index contributed by atoms with van der Waals surface area (Å²) >= 11 is 0. The molecule has 0 aliphatic rings. The second kappa shape index (κ2) is 4.17. The van der Waals surface area contributed by atoms with E-state index in [1.54, 1.807) is 12.1 Å². The first-order chi connectivity index (χ1) is 4.63. The Hall–Kier alpha value is -0.700. The maximum absolute atomic E-state index is 5.69. The van der Waals surface area contributed by atoms with E-state index in [-0.39, 0.29) is 0 Å². The lowest BCUT2D eigenvalue weighted by Crippen LogP contribution is -2.27. The zero-order chi connectivity index (χ0) is 8.15. The minimum atomic E-state index is 0.866. The molecule has 0 fully saturated rings. The number of hydrogen-bond donors (Lipinski definition) is 2. The Kier molecular flexibility index (Phi) is 3.88. The quantitative estimate of drug-likeness (QED) is 0.453.